The lowest BCUT2D eigenvalue weighted by Crippen LogP contribution is -2.70. The number of carboxylic acids is 1. The molecular weight excluding hydrogens is 580 g/mol. The lowest BCUT2D eigenvalue weighted by atomic mass is 9.71. The average molecular weight is 624 g/mol. The number of morpholine rings is 1. The molecule has 2 amide bonds. The molecule has 2 saturated carbocycles. The Labute approximate surface area is 255 Å². The lowest BCUT2D eigenvalue weighted by Gasteiger charge is -2.56. The van der Waals surface area contributed by atoms with Crippen LogP contribution in [0.3, 0.4) is 0 Å². The van der Waals surface area contributed by atoms with Gasteiger partial charge in [-0.25, -0.2) is 18.4 Å². The van der Waals surface area contributed by atoms with E-state index < -0.39 is 60.4 Å². The minimum absolute atomic E-state index is 0.00336. The van der Waals surface area contributed by atoms with Gasteiger partial charge in [0.1, 0.15) is 24.0 Å². The van der Waals surface area contributed by atoms with Crippen molar-refractivity contribution in [3.05, 3.63) is 11.8 Å². The molecule has 3 saturated heterocycles. The molecule has 0 bridgehead atoms. The summed E-state index contributed by atoms with van der Waals surface area (Å²) >= 11 is 0. The number of halogens is 2. The molecule has 0 aromatic rings. The quantitative estimate of drug-likeness (QED) is 0.395. The van der Waals surface area contributed by atoms with E-state index in [2.05, 4.69) is 15.1 Å². The highest BCUT2D eigenvalue weighted by molar-refractivity contribution is 6.18. The Hall–Kier alpha value is -2.84. The number of likely N-dealkylation sites (N-methyl/N-ethyl adjacent to an activating group) is 1. The van der Waals surface area contributed by atoms with Gasteiger partial charge in [0.2, 0.25) is 5.91 Å². The van der Waals surface area contributed by atoms with Gasteiger partial charge in [0.15, 0.2) is 5.78 Å². The van der Waals surface area contributed by atoms with Crippen molar-refractivity contribution in [2.24, 2.45) is 5.92 Å². The van der Waals surface area contributed by atoms with E-state index in [9.17, 15) is 24.3 Å². The van der Waals surface area contributed by atoms with Crippen LogP contribution < -0.4 is 5.32 Å². The number of Topliss-reactive ketones (excluding diaryl/α,β-unsaturated/α-hetero) is 1. The van der Waals surface area contributed by atoms with Crippen molar-refractivity contribution >= 4 is 23.8 Å². The number of carbonyl (C=O) groups excluding carboxylic acids is 3. The Morgan fingerprint density at radius 1 is 1.11 bits per heavy atom. The number of nitrogens with one attached hydrogen (secondary N) is 1. The molecule has 14 heteroatoms. The van der Waals surface area contributed by atoms with E-state index in [-0.39, 0.29) is 55.0 Å². The summed E-state index contributed by atoms with van der Waals surface area (Å²) in [7, 11) is 1.92. The Kier molecular flexibility index (Phi) is 8.61. The van der Waals surface area contributed by atoms with Crippen molar-refractivity contribution in [3.63, 3.8) is 0 Å². The first-order valence-corrected chi connectivity index (χ1v) is 15.8. The Morgan fingerprint density at radius 3 is 2.59 bits per heavy atom. The van der Waals surface area contributed by atoms with Gasteiger partial charge >= 0.3 is 12.1 Å². The van der Waals surface area contributed by atoms with Crippen LogP contribution in [0.5, 0.6) is 0 Å². The number of hydrogen-bond acceptors (Lipinski definition) is 9. The second-order valence-electron chi connectivity index (χ2n) is 13.4. The highest BCUT2D eigenvalue weighted by Crippen LogP contribution is 2.44. The molecule has 6 rings (SSSR count). The summed E-state index contributed by atoms with van der Waals surface area (Å²) in [6.45, 7) is 5.31. The van der Waals surface area contributed by atoms with E-state index in [1.54, 1.807) is 4.90 Å². The standard InChI is InChI=1S/C30H43F2N5O7/c1-15-14-43-28-25-20(27(39)21(29(40)41)13-36(15)25)9-23(32)26(28)35-7-6-18(11-35)34(3)24-5-4-17(8-22(24)31)37-12-19(44-30(37)42)10-33-16(2)38/h13,15,17-20,22-26,28H,4-12,14H2,1-3H3,(H,33,38)(H,40,41)/t15?,17?,18?,19-,20?,22?,23?,24?,25?,26?,28?/m0/s1. The first-order chi connectivity index (χ1) is 20.9. The molecule has 0 aromatic carbocycles. The molecule has 2 N–H and O–H groups in total. The molecule has 2 aliphatic carbocycles. The van der Waals surface area contributed by atoms with Crippen LogP contribution in [0.2, 0.25) is 0 Å². The fourth-order valence-electron chi connectivity index (χ4n) is 8.51. The van der Waals surface area contributed by atoms with Crippen LogP contribution in [0, 0.1) is 5.92 Å². The molecule has 11 atom stereocenters. The van der Waals surface area contributed by atoms with Crippen molar-refractivity contribution < 1.29 is 42.5 Å². The Balaban J connectivity index is 1.08. The van der Waals surface area contributed by atoms with Gasteiger partial charge < -0.3 is 29.7 Å². The highest BCUT2D eigenvalue weighted by Gasteiger charge is 2.58. The van der Waals surface area contributed by atoms with Crippen LogP contribution in [0.4, 0.5) is 13.6 Å². The zero-order chi connectivity index (χ0) is 31.4. The number of rotatable bonds is 7. The van der Waals surface area contributed by atoms with Crippen molar-refractivity contribution in [1.82, 2.24) is 24.9 Å². The van der Waals surface area contributed by atoms with Gasteiger partial charge in [0.25, 0.3) is 0 Å². The summed E-state index contributed by atoms with van der Waals surface area (Å²) in [5, 5.41) is 12.3. The van der Waals surface area contributed by atoms with E-state index in [1.165, 1.54) is 13.1 Å². The number of nitrogens with zero attached hydrogens (tertiary/aromatic N) is 4. The van der Waals surface area contributed by atoms with E-state index in [1.807, 2.05) is 18.9 Å². The van der Waals surface area contributed by atoms with Crippen LogP contribution in [0.15, 0.2) is 11.8 Å². The first kappa shape index (κ1) is 31.2. The fraction of sp³-hybridized carbons (Fsp3) is 0.800. The summed E-state index contributed by atoms with van der Waals surface area (Å²) in [4.78, 5) is 56.1. The molecule has 5 fully saturated rings. The maximum Gasteiger partial charge on any atom is 0.410 e. The van der Waals surface area contributed by atoms with Crippen LogP contribution in [0.25, 0.3) is 0 Å². The van der Waals surface area contributed by atoms with Gasteiger partial charge in [-0.1, -0.05) is 0 Å². The van der Waals surface area contributed by atoms with Gasteiger partial charge in [-0.05, 0) is 39.7 Å². The maximum atomic E-state index is 15.9. The SMILES string of the molecule is CC(=O)NC[C@H]1CN(C2CCC(N(C)C3CCN(C4C(F)CC5C(=O)C(C(=O)O)=CN6C(C)COC4C56)C3)C(F)C2)C(=O)O1. The summed E-state index contributed by atoms with van der Waals surface area (Å²) in [6, 6.07) is -1.75. The van der Waals surface area contributed by atoms with E-state index in [0.717, 1.165) is 6.42 Å². The van der Waals surface area contributed by atoms with Crippen molar-refractivity contribution in [1.29, 1.82) is 0 Å². The molecule has 4 heterocycles. The van der Waals surface area contributed by atoms with Gasteiger partial charge in [-0.2, -0.15) is 0 Å². The zero-order valence-electron chi connectivity index (χ0n) is 25.4. The summed E-state index contributed by atoms with van der Waals surface area (Å²) in [5.41, 5.74) is -0.297. The number of alkyl halides is 2. The number of aliphatic carboxylic acids is 1. The maximum absolute atomic E-state index is 15.9. The second-order valence-corrected chi connectivity index (χ2v) is 13.4. The van der Waals surface area contributed by atoms with Crippen LogP contribution >= 0.6 is 0 Å². The summed E-state index contributed by atoms with van der Waals surface area (Å²) in [5.74, 6) is -2.80. The number of cyclic esters (lactones) is 1. The number of hydrogen-bond donors (Lipinski definition) is 2. The first-order valence-electron chi connectivity index (χ1n) is 15.8. The highest BCUT2D eigenvalue weighted by atomic mass is 19.1. The second kappa shape index (κ2) is 12.2. The number of amides is 2. The summed E-state index contributed by atoms with van der Waals surface area (Å²) in [6.07, 6.45) is -0.520. The number of carboxylic acid groups (broad SMARTS) is 1. The van der Waals surface area contributed by atoms with Gasteiger partial charge in [-0.3, -0.25) is 19.4 Å². The molecule has 12 nitrogen and oxygen atoms in total. The largest absolute Gasteiger partial charge is 0.478 e. The van der Waals surface area contributed by atoms with Crippen LogP contribution in [-0.4, -0.2) is 149 Å². The predicted molar refractivity (Wildman–Crippen MR) is 152 cm³/mol. The van der Waals surface area contributed by atoms with Gasteiger partial charge in [0, 0.05) is 62.7 Å². The topological polar surface area (TPSA) is 132 Å². The Morgan fingerprint density at radius 2 is 1.89 bits per heavy atom. The van der Waals surface area contributed by atoms with Crippen molar-refractivity contribution in [2.75, 3.05) is 39.8 Å². The third kappa shape index (κ3) is 5.57. The van der Waals surface area contributed by atoms with Crippen LogP contribution in [-0.2, 0) is 23.9 Å². The molecule has 0 spiro atoms. The van der Waals surface area contributed by atoms with Gasteiger partial charge in [-0.15, -0.1) is 0 Å². The molecule has 0 aromatic heterocycles. The van der Waals surface area contributed by atoms with E-state index in [4.69, 9.17) is 9.47 Å². The number of ketones is 1. The number of carbonyl (C=O) groups is 4. The molecule has 0 radical (unpaired) electrons. The van der Waals surface area contributed by atoms with Crippen LogP contribution in [0.1, 0.15) is 46.0 Å². The van der Waals surface area contributed by atoms with E-state index in [0.29, 0.717) is 39.1 Å². The third-order valence-corrected chi connectivity index (χ3v) is 10.8. The zero-order valence-corrected chi connectivity index (χ0v) is 25.4. The minimum atomic E-state index is -1.36. The van der Waals surface area contributed by atoms with Crippen molar-refractivity contribution in [3.8, 4) is 0 Å². The third-order valence-electron chi connectivity index (χ3n) is 10.8. The average Bonchev–Trinajstić information content (AvgIpc) is 3.61. The monoisotopic (exact) mass is 623 g/mol. The number of ether oxygens (including phenoxy) is 2. The normalized spacial score (nSPS) is 41.0. The molecular formula is C30H43F2N5O7. The Bertz CT molecular complexity index is 1210. The molecule has 244 valence electrons. The molecule has 6 aliphatic rings. The molecule has 10 unspecified atom stereocenters. The molecule has 44 heavy (non-hydrogen) atoms. The number of likely N-dealkylation sites (tertiary alicyclic amines) is 1. The smallest absolute Gasteiger partial charge is 0.410 e. The van der Waals surface area contributed by atoms with Gasteiger partial charge in [0.05, 0.1) is 37.9 Å². The van der Waals surface area contributed by atoms with Crippen molar-refractivity contribution in [2.45, 2.75) is 107 Å². The minimum Gasteiger partial charge on any atom is -0.478 e. The lowest BCUT2D eigenvalue weighted by molar-refractivity contribution is -0.174. The van der Waals surface area contributed by atoms with E-state index >= 15 is 8.78 Å². The molecule has 4 aliphatic heterocycles. The summed E-state index contributed by atoms with van der Waals surface area (Å²) < 4.78 is 43.2. The predicted octanol–water partition coefficient (Wildman–Crippen LogP) is 0.944. The fourth-order valence-corrected chi connectivity index (χ4v) is 8.51.